The van der Waals surface area contributed by atoms with Gasteiger partial charge in [0.2, 0.25) is 0 Å². The van der Waals surface area contributed by atoms with E-state index in [0.717, 1.165) is 24.3 Å². The third kappa shape index (κ3) is 4.03. The molecule has 0 aromatic heterocycles. The number of aliphatic hydroxyl groups is 1. The van der Waals surface area contributed by atoms with Gasteiger partial charge in [-0.3, -0.25) is 4.79 Å². The zero-order chi connectivity index (χ0) is 13.8. The number of rotatable bonds is 4. The van der Waals surface area contributed by atoms with Crippen LogP contribution in [-0.2, 0) is 15.7 Å². The Morgan fingerprint density at radius 2 is 1.89 bits per heavy atom. The lowest BCUT2D eigenvalue weighted by molar-refractivity contribution is -0.145. The van der Waals surface area contributed by atoms with E-state index in [9.17, 15) is 23.1 Å². The molecule has 0 aliphatic rings. The Morgan fingerprint density at radius 1 is 1.33 bits per heavy atom. The lowest BCUT2D eigenvalue weighted by atomic mass is 10.0. The van der Waals surface area contributed by atoms with Crippen LogP contribution in [0.2, 0.25) is 0 Å². The van der Waals surface area contributed by atoms with Crippen LogP contribution >= 0.6 is 0 Å². The Morgan fingerprint density at radius 3 is 2.33 bits per heavy atom. The van der Waals surface area contributed by atoms with Crippen molar-refractivity contribution in [3.8, 4) is 0 Å². The molecule has 0 unspecified atom stereocenters. The molecule has 1 rings (SSSR count). The van der Waals surface area contributed by atoms with Crippen molar-refractivity contribution in [2.75, 3.05) is 6.61 Å². The molecule has 0 saturated carbocycles. The highest BCUT2D eigenvalue weighted by molar-refractivity contribution is 5.70. The highest BCUT2D eigenvalue weighted by Gasteiger charge is 2.30. The number of esters is 1. The molecule has 0 amide bonds. The molecule has 0 spiro atoms. The van der Waals surface area contributed by atoms with Gasteiger partial charge >= 0.3 is 12.1 Å². The number of hydrogen-bond acceptors (Lipinski definition) is 3. The zero-order valence-corrected chi connectivity index (χ0v) is 9.70. The first kappa shape index (κ1) is 14.5. The van der Waals surface area contributed by atoms with E-state index in [0.29, 0.717) is 0 Å². The number of carbonyl (C=O) groups excluding carboxylic acids is 1. The topological polar surface area (TPSA) is 46.5 Å². The van der Waals surface area contributed by atoms with Crippen molar-refractivity contribution in [2.45, 2.75) is 25.6 Å². The smallest absolute Gasteiger partial charge is 0.416 e. The van der Waals surface area contributed by atoms with Crippen LogP contribution in [-0.4, -0.2) is 17.7 Å². The number of alkyl halides is 3. The van der Waals surface area contributed by atoms with Gasteiger partial charge in [-0.15, -0.1) is 0 Å². The predicted molar refractivity (Wildman–Crippen MR) is 57.7 cm³/mol. The van der Waals surface area contributed by atoms with Crippen LogP contribution in [0.25, 0.3) is 0 Å². The Kier molecular flexibility index (Phi) is 4.72. The van der Waals surface area contributed by atoms with E-state index in [1.54, 1.807) is 6.92 Å². The number of aliphatic hydroxyl groups excluding tert-OH is 1. The number of ether oxygens (including phenoxy) is 1. The minimum Gasteiger partial charge on any atom is -0.466 e. The van der Waals surface area contributed by atoms with Crippen LogP contribution in [0.4, 0.5) is 13.2 Å². The molecule has 6 heteroatoms. The second-order valence-corrected chi connectivity index (χ2v) is 3.64. The monoisotopic (exact) mass is 262 g/mol. The molecule has 0 aliphatic heterocycles. The van der Waals surface area contributed by atoms with E-state index in [4.69, 9.17) is 0 Å². The Bertz CT molecular complexity index is 398. The molecule has 0 radical (unpaired) electrons. The molecule has 1 aromatic carbocycles. The van der Waals surface area contributed by atoms with Crippen molar-refractivity contribution in [2.24, 2.45) is 0 Å². The zero-order valence-electron chi connectivity index (χ0n) is 9.70. The minimum atomic E-state index is -4.41. The second kappa shape index (κ2) is 5.86. The van der Waals surface area contributed by atoms with Crippen molar-refractivity contribution < 1.29 is 27.8 Å². The standard InChI is InChI=1S/C12H13F3O3/c1-2-18-11(17)7-10(16)8-3-5-9(6-4-8)12(13,14)15/h3-6,10,16H,2,7H2,1H3/t10-/m0/s1. The SMILES string of the molecule is CCOC(=O)C[C@H](O)c1ccc(C(F)(F)F)cc1. The van der Waals surface area contributed by atoms with Gasteiger partial charge in [0.05, 0.1) is 24.7 Å². The van der Waals surface area contributed by atoms with Crippen LogP contribution in [0.15, 0.2) is 24.3 Å². The van der Waals surface area contributed by atoms with Crippen molar-refractivity contribution in [3.63, 3.8) is 0 Å². The number of benzene rings is 1. The van der Waals surface area contributed by atoms with Gasteiger partial charge in [0.1, 0.15) is 0 Å². The van der Waals surface area contributed by atoms with Crippen LogP contribution in [0.3, 0.4) is 0 Å². The molecule has 0 heterocycles. The summed E-state index contributed by atoms with van der Waals surface area (Å²) in [6, 6.07) is 4.02. The van der Waals surface area contributed by atoms with Gasteiger partial charge in [-0.25, -0.2) is 0 Å². The summed E-state index contributed by atoms with van der Waals surface area (Å²) in [7, 11) is 0. The van der Waals surface area contributed by atoms with E-state index in [1.807, 2.05) is 0 Å². The third-order valence-corrected chi connectivity index (χ3v) is 2.29. The fourth-order valence-corrected chi connectivity index (χ4v) is 1.39. The Balaban J connectivity index is 2.70. The second-order valence-electron chi connectivity index (χ2n) is 3.64. The van der Waals surface area contributed by atoms with Crippen molar-refractivity contribution >= 4 is 5.97 Å². The van der Waals surface area contributed by atoms with Crippen LogP contribution in [0.5, 0.6) is 0 Å². The average Bonchev–Trinajstić information content (AvgIpc) is 2.28. The highest BCUT2D eigenvalue weighted by atomic mass is 19.4. The molecule has 0 bridgehead atoms. The molecule has 1 aromatic rings. The van der Waals surface area contributed by atoms with Crippen LogP contribution < -0.4 is 0 Å². The summed E-state index contributed by atoms with van der Waals surface area (Å²) in [5.41, 5.74) is -0.550. The largest absolute Gasteiger partial charge is 0.466 e. The highest BCUT2D eigenvalue weighted by Crippen LogP contribution is 2.30. The number of hydrogen-bond donors (Lipinski definition) is 1. The summed E-state index contributed by atoms with van der Waals surface area (Å²) in [6.45, 7) is 1.82. The molecular formula is C12H13F3O3. The van der Waals surface area contributed by atoms with E-state index in [2.05, 4.69) is 4.74 Å². The first-order valence-electron chi connectivity index (χ1n) is 5.35. The van der Waals surface area contributed by atoms with Gasteiger partial charge in [0.25, 0.3) is 0 Å². The maximum Gasteiger partial charge on any atom is 0.416 e. The van der Waals surface area contributed by atoms with Gasteiger partial charge in [-0.1, -0.05) is 12.1 Å². The molecule has 0 aliphatic carbocycles. The quantitative estimate of drug-likeness (QED) is 0.848. The number of carbonyl (C=O) groups is 1. The van der Waals surface area contributed by atoms with Crippen molar-refractivity contribution in [1.82, 2.24) is 0 Å². The van der Waals surface area contributed by atoms with E-state index < -0.39 is 23.8 Å². The summed E-state index contributed by atoms with van der Waals surface area (Å²) >= 11 is 0. The van der Waals surface area contributed by atoms with E-state index in [1.165, 1.54) is 0 Å². The van der Waals surface area contributed by atoms with Gasteiger partial charge < -0.3 is 9.84 Å². The fraction of sp³-hybridized carbons (Fsp3) is 0.417. The molecule has 0 fully saturated rings. The molecule has 100 valence electrons. The van der Waals surface area contributed by atoms with Crippen LogP contribution in [0.1, 0.15) is 30.6 Å². The fourth-order valence-electron chi connectivity index (χ4n) is 1.39. The lowest BCUT2D eigenvalue weighted by Crippen LogP contribution is -2.10. The molecule has 1 atom stereocenters. The summed E-state index contributed by atoms with van der Waals surface area (Å²) in [4.78, 5) is 11.1. The van der Waals surface area contributed by atoms with E-state index >= 15 is 0 Å². The molecule has 18 heavy (non-hydrogen) atoms. The first-order valence-corrected chi connectivity index (χ1v) is 5.35. The van der Waals surface area contributed by atoms with Crippen LogP contribution in [0, 0.1) is 0 Å². The average molecular weight is 262 g/mol. The van der Waals surface area contributed by atoms with Gasteiger partial charge in [0.15, 0.2) is 0 Å². The lowest BCUT2D eigenvalue weighted by Gasteiger charge is -2.12. The van der Waals surface area contributed by atoms with Crippen molar-refractivity contribution in [3.05, 3.63) is 35.4 Å². The number of halogens is 3. The van der Waals surface area contributed by atoms with Gasteiger partial charge in [0, 0.05) is 0 Å². The Hall–Kier alpha value is -1.56. The molecule has 3 nitrogen and oxygen atoms in total. The van der Waals surface area contributed by atoms with Crippen molar-refractivity contribution in [1.29, 1.82) is 0 Å². The normalized spacial score (nSPS) is 13.2. The maximum atomic E-state index is 12.3. The van der Waals surface area contributed by atoms with Gasteiger partial charge in [-0.05, 0) is 24.6 Å². The third-order valence-electron chi connectivity index (χ3n) is 2.29. The molecular weight excluding hydrogens is 249 g/mol. The maximum absolute atomic E-state index is 12.3. The summed E-state index contributed by atoms with van der Waals surface area (Å²) < 4.78 is 41.5. The molecule has 1 N–H and O–H groups in total. The molecule has 0 saturated heterocycles. The summed E-state index contributed by atoms with van der Waals surface area (Å²) in [5.74, 6) is -0.593. The van der Waals surface area contributed by atoms with E-state index in [-0.39, 0.29) is 18.6 Å². The predicted octanol–water partition coefficient (Wildman–Crippen LogP) is 2.69. The first-order chi connectivity index (χ1) is 8.34. The Labute approximate surface area is 102 Å². The summed E-state index contributed by atoms with van der Waals surface area (Å²) in [6.07, 6.45) is -5.85. The summed E-state index contributed by atoms with van der Waals surface area (Å²) in [5, 5.41) is 9.63. The van der Waals surface area contributed by atoms with Gasteiger partial charge in [-0.2, -0.15) is 13.2 Å². The minimum absolute atomic E-state index is 0.193.